The lowest BCUT2D eigenvalue weighted by atomic mass is 10.1. The van der Waals surface area contributed by atoms with Gasteiger partial charge in [0.2, 0.25) is 0 Å². The average molecular weight is 225 g/mol. The minimum Gasteiger partial charge on any atom is -0.351 e. The van der Waals surface area contributed by atoms with Crippen LogP contribution in [0.15, 0.2) is 18.3 Å². The number of halogens is 1. The Bertz CT molecular complexity index is 371. The van der Waals surface area contributed by atoms with E-state index in [-0.39, 0.29) is 5.91 Å². The highest BCUT2D eigenvalue weighted by Gasteiger charge is 2.37. The first kappa shape index (κ1) is 10.4. The first-order valence-corrected chi connectivity index (χ1v) is 5.37. The Morgan fingerprint density at radius 3 is 2.87 bits per heavy atom. The number of nitrogens with one attached hydrogen (secondary N) is 1. The van der Waals surface area contributed by atoms with Crippen LogP contribution in [-0.2, 0) is 0 Å². The predicted octanol–water partition coefficient (Wildman–Crippen LogP) is 2.26. The molecule has 3 nitrogen and oxygen atoms in total. The number of rotatable bonds is 3. The Balaban J connectivity index is 1.92. The van der Waals surface area contributed by atoms with E-state index >= 15 is 0 Å². The number of carbonyl (C=O) groups excluding carboxylic acids is 1. The fourth-order valence-corrected chi connectivity index (χ4v) is 1.41. The highest BCUT2D eigenvalue weighted by Crippen LogP contribution is 2.44. The van der Waals surface area contributed by atoms with Gasteiger partial charge in [0.05, 0.1) is 5.56 Å². The van der Waals surface area contributed by atoms with Gasteiger partial charge in [0.15, 0.2) is 0 Å². The van der Waals surface area contributed by atoms with Crippen LogP contribution in [-0.4, -0.2) is 17.4 Å². The van der Waals surface area contributed by atoms with Crippen molar-refractivity contribution in [2.75, 3.05) is 6.54 Å². The van der Waals surface area contributed by atoms with E-state index in [0.29, 0.717) is 16.1 Å². The maximum atomic E-state index is 11.6. The highest BCUT2D eigenvalue weighted by molar-refractivity contribution is 6.29. The Labute approximate surface area is 93.8 Å². The van der Waals surface area contributed by atoms with Gasteiger partial charge in [0, 0.05) is 12.7 Å². The van der Waals surface area contributed by atoms with Crippen LogP contribution in [0.4, 0.5) is 0 Å². The summed E-state index contributed by atoms with van der Waals surface area (Å²) in [6, 6.07) is 3.30. The molecule has 0 unspecified atom stereocenters. The molecule has 80 valence electrons. The zero-order chi connectivity index (χ0) is 10.9. The fraction of sp³-hybridized carbons (Fsp3) is 0.455. The molecule has 1 N–H and O–H groups in total. The number of nitrogens with zero attached hydrogens (tertiary/aromatic N) is 1. The zero-order valence-corrected chi connectivity index (χ0v) is 9.34. The van der Waals surface area contributed by atoms with Gasteiger partial charge in [-0.15, -0.1) is 0 Å². The first-order chi connectivity index (χ1) is 7.09. The summed E-state index contributed by atoms with van der Waals surface area (Å²) in [5.74, 6) is -0.0766. The van der Waals surface area contributed by atoms with Gasteiger partial charge in [-0.2, -0.15) is 0 Å². The van der Waals surface area contributed by atoms with Crippen molar-refractivity contribution in [3.8, 4) is 0 Å². The van der Waals surface area contributed by atoms with E-state index in [0.717, 1.165) is 6.54 Å². The molecule has 0 spiro atoms. The van der Waals surface area contributed by atoms with Crippen molar-refractivity contribution >= 4 is 17.5 Å². The molecule has 0 saturated heterocycles. The molecular weight excluding hydrogens is 212 g/mol. The van der Waals surface area contributed by atoms with Crippen LogP contribution >= 0.6 is 11.6 Å². The quantitative estimate of drug-likeness (QED) is 0.801. The van der Waals surface area contributed by atoms with Gasteiger partial charge in [-0.05, 0) is 30.4 Å². The molecule has 1 fully saturated rings. The topological polar surface area (TPSA) is 42.0 Å². The Morgan fingerprint density at radius 1 is 1.60 bits per heavy atom. The minimum absolute atomic E-state index is 0.0766. The van der Waals surface area contributed by atoms with Crippen molar-refractivity contribution in [2.24, 2.45) is 5.41 Å². The lowest BCUT2D eigenvalue weighted by Gasteiger charge is -2.09. The van der Waals surface area contributed by atoms with E-state index in [2.05, 4.69) is 17.2 Å². The molecule has 4 heteroatoms. The second-order valence-electron chi connectivity index (χ2n) is 4.36. The third-order valence-electron chi connectivity index (χ3n) is 2.77. The van der Waals surface area contributed by atoms with Gasteiger partial charge in [-0.3, -0.25) is 4.79 Å². The molecule has 1 aromatic heterocycles. The number of pyridine rings is 1. The summed E-state index contributed by atoms with van der Waals surface area (Å²) in [6.45, 7) is 2.92. The number of aromatic nitrogens is 1. The molecule has 0 aromatic carbocycles. The summed E-state index contributed by atoms with van der Waals surface area (Å²) in [5.41, 5.74) is 0.888. The van der Waals surface area contributed by atoms with Crippen molar-refractivity contribution in [3.05, 3.63) is 29.0 Å². The van der Waals surface area contributed by atoms with Crippen molar-refractivity contribution in [3.63, 3.8) is 0 Å². The molecule has 15 heavy (non-hydrogen) atoms. The van der Waals surface area contributed by atoms with Crippen LogP contribution in [0.3, 0.4) is 0 Å². The molecule has 1 amide bonds. The SMILES string of the molecule is CC1(CNC(=O)c2ccc(Cl)nc2)CC1. The number of amides is 1. The summed E-state index contributed by atoms with van der Waals surface area (Å²) in [4.78, 5) is 15.5. The Kier molecular flexibility index (Phi) is 2.65. The summed E-state index contributed by atoms with van der Waals surface area (Å²) >= 11 is 5.63. The van der Waals surface area contributed by atoms with Crippen molar-refractivity contribution in [1.29, 1.82) is 0 Å². The molecule has 0 aliphatic heterocycles. The zero-order valence-electron chi connectivity index (χ0n) is 8.59. The lowest BCUT2D eigenvalue weighted by Crippen LogP contribution is -2.28. The van der Waals surface area contributed by atoms with E-state index in [1.807, 2.05) is 0 Å². The summed E-state index contributed by atoms with van der Waals surface area (Å²) in [5, 5.41) is 3.30. The number of hydrogen-bond acceptors (Lipinski definition) is 2. The van der Waals surface area contributed by atoms with Crippen molar-refractivity contribution < 1.29 is 4.79 Å². The monoisotopic (exact) mass is 224 g/mol. The lowest BCUT2D eigenvalue weighted by molar-refractivity contribution is 0.0946. The molecule has 1 heterocycles. The second-order valence-corrected chi connectivity index (χ2v) is 4.75. The second kappa shape index (κ2) is 3.81. The van der Waals surface area contributed by atoms with E-state index < -0.39 is 0 Å². The van der Waals surface area contributed by atoms with Gasteiger partial charge in [-0.25, -0.2) is 4.98 Å². The normalized spacial score (nSPS) is 17.2. The Morgan fingerprint density at radius 2 is 2.33 bits per heavy atom. The molecule has 0 bridgehead atoms. The average Bonchev–Trinajstić information content (AvgIpc) is 2.95. The highest BCUT2D eigenvalue weighted by atomic mass is 35.5. The van der Waals surface area contributed by atoms with E-state index in [1.165, 1.54) is 19.0 Å². The van der Waals surface area contributed by atoms with Crippen LogP contribution in [0.5, 0.6) is 0 Å². The van der Waals surface area contributed by atoms with Crippen LogP contribution in [0.2, 0.25) is 5.15 Å². The van der Waals surface area contributed by atoms with Crippen LogP contribution < -0.4 is 5.32 Å². The van der Waals surface area contributed by atoms with Gasteiger partial charge in [0.1, 0.15) is 5.15 Å². The number of carbonyl (C=O) groups is 1. The van der Waals surface area contributed by atoms with E-state index in [1.54, 1.807) is 12.1 Å². The van der Waals surface area contributed by atoms with Gasteiger partial charge in [0.25, 0.3) is 5.91 Å². The largest absolute Gasteiger partial charge is 0.351 e. The molecule has 0 atom stereocenters. The van der Waals surface area contributed by atoms with Crippen LogP contribution in [0, 0.1) is 5.41 Å². The third-order valence-corrected chi connectivity index (χ3v) is 2.99. The molecule has 0 radical (unpaired) electrons. The van der Waals surface area contributed by atoms with Crippen molar-refractivity contribution in [2.45, 2.75) is 19.8 Å². The molecule has 1 aromatic rings. The van der Waals surface area contributed by atoms with Crippen molar-refractivity contribution in [1.82, 2.24) is 10.3 Å². The molecule has 1 saturated carbocycles. The summed E-state index contributed by atoms with van der Waals surface area (Å²) in [6.07, 6.45) is 3.89. The minimum atomic E-state index is -0.0766. The van der Waals surface area contributed by atoms with Crippen LogP contribution in [0.25, 0.3) is 0 Å². The van der Waals surface area contributed by atoms with Gasteiger partial charge >= 0.3 is 0 Å². The molecule has 1 aliphatic carbocycles. The fourth-order valence-electron chi connectivity index (χ4n) is 1.30. The molecule has 1 aliphatic rings. The van der Waals surface area contributed by atoms with E-state index in [9.17, 15) is 4.79 Å². The molecular formula is C11H13ClN2O. The maximum Gasteiger partial charge on any atom is 0.252 e. The Hall–Kier alpha value is -1.09. The van der Waals surface area contributed by atoms with Gasteiger partial charge < -0.3 is 5.32 Å². The third kappa shape index (κ3) is 2.69. The predicted molar refractivity (Wildman–Crippen MR) is 58.9 cm³/mol. The summed E-state index contributed by atoms with van der Waals surface area (Å²) < 4.78 is 0. The first-order valence-electron chi connectivity index (χ1n) is 4.99. The smallest absolute Gasteiger partial charge is 0.252 e. The van der Waals surface area contributed by atoms with Gasteiger partial charge in [-0.1, -0.05) is 18.5 Å². The summed E-state index contributed by atoms with van der Waals surface area (Å²) in [7, 11) is 0. The molecule has 2 rings (SSSR count). The standard InChI is InChI=1S/C11H13ClN2O/c1-11(4-5-11)7-14-10(15)8-2-3-9(12)13-6-8/h2-3,6H,4-5,7H2,1H3,(H,14,15). The van der Waals surface area contributed by atoms with Crippen LogP contribution in [0.1, 0.15) is 30.1 Å². The number of hydrogen-bond donors (Lipinski definition) is 1. The maximum absolute atomic E-state index is 11.6. The van der Waals surface area contributed by atoms with E-state index in [4.69, 9.17) is 11.6 Å².